The predicted octanol–water partition coefficient (Wildman–Crippen LogP) is 1.93. The molecule has 0 heterocycles. The summed E-state index contributed by atoms with van der Waals surface area (Å²) in [5.74, 6) is -1.26. The largest absolute Gasteiger partial charge is 0.507 e. The molecule has 2 aromatic carbocycles. The molecule has 0 saturated carbocycles. The summed E-state index contributed by atoms with van der Waals surface area (Å²) in [6.45, 7) is -0.411. The number of ether oxygens (including phenoxy) is 1. The van der Waals surface area contributed by atoms with Crippen molar-refractivity contribution in [1.82, 2.24) is 0 Å². The maximum atomic E-state index is 11.6. The molecule has 0 aliphatic carbocycles. The van der Waals surface area contributed by atoms with Gasteiger partial charge in [0.25, 0.3) is 0 Å². The molecule has 0 aromatic heterocycles. The summed E-state index contributed by atoms with van der Waals surface area (Å²) in [6.07, 6.45) is 0. The van der Waals surface area contributed by atoms with E-state index in [2.05, 4.69) is 4.74 Å². The lowest BCUT2D eigenvalue weighted by Gasteiger charge is -2.08. The standard InChI is InChI=1S/C13H9NO4/c14-5-6-18-13(17)10-7-11(15)8-3-1-2-4-9(8)12(10)16/h1-4,7,15-16H,6H2. The molecule has 0 aliphatic rings. The lowest BCUT2D eigenvalue weighted by molar-refractivity contribution is 0.0551. The number of esters is 1. The van der Waals surface area contributed by atoms with Crippen molar-refractivity contribution in [3.8, 4) is 17.6 Å². The zero-order chi connectivity index (χ0) is 13.1. The van der Waals surface area contributed by atoms with Crippen molar-refractivity contribution >= 4 is 16.7 Å². The second-order valence-corrected chi connectivity index (χ2v) is 3.57. The summed E-state index contributed by atoms with van der Waals surface area (Å²) in [4.78, 5) is 11.6. The highest BCUT2D eigenvalue weighted by Crippen LogP contribution is 2.35. The van der Waals surface area contributed by atoms with Gasteiger partial charge in [0.2, 0.25) is 0 Å². The van der Waals surface area contributed by atoms with E-state index in [1.165, 1.54) is 0 Å². The van der Waals surface area contributed by atoms with Gasteiger partial charge in [-0.1, -0.05) is 24.3 Å². The number of nitrogens with zero attached hydrogens (tertiary/aromatic N) is 1. The zero-order valence-corrected chi connectivity index (χ0v) is 9.25. The fraction of sp³-hybridized carbons (Fsp3) is 0.0769. The first-order valence-corrected chi connectivity index (χ1v) is 5.13. The van der Waals surface area contributed by atoms with Crippen LogP contribution < -0.4 is 0 Å². The Bertz CT molecular complexity index is 658. The molecule has 2 rings (SSSR count). The number of hydrogen-bond acceptors (Lipinski definition) is 5. The van der Waals surface area contributed by atoms with Crippen LogP contribution in [0.2, 0.25) is 0 Å². The lowest BCUT2D eigenvalue weighted by atomic mass is 10.0. The monoisotopic (exact) mass is 243 g/mol. The van der Waals surface area contributed by atoms with Crippen molar-refractivity contribution in [2.24, 2.45) is 0 Å². The molecule has 5 nitrogen and oxygen atoms in total. The number of carbonyl (C=O) groups excluding carboxylic acids is 1. The van der Waals surface area contributed by atoms with E-state index in [0.29, 0.717) is 10.8 Å². The van der Waals surface area contributed by atoms with Crippen LogP contribution in [0.25, 0.3) is 10.8 Å². The van der Waals surface area contributed by atoms with Crippen LogP contribution in [0.4, 0.5) is 0 Å². The van der Waals surface area contributed by atoms with Crippen molar-refractivity contribution in [3.05, 3.63) is 35.9 Å². The molecule has 0 atom stereocenters. The van der Waals surface area contributed by atoms with Gasteiger partial charge >= 0.3 is 5.97 Å². The van der Waals surface area contributed by atoms with Gasteiger partial charge in [-0.3, -0.25) is 0 Å². The Morgan fingerprint density at radius 3 is 2.61 bits per heavy atom. The smallest absolute Gasteiger partial charge is 0.343 e. The van der Waals surface area contributed by atoms with Crippen LogP contribution >= 0.6 is 0 Å². The SMILES string of the molecule is N#CCOC(=O)c1cc(O)c2ccccc2c1O. The summed E-state index contributed by atoms with van der Waals surface area (Å²) < 4.78 is 4.59. The van der Waals surface area contributed by atoms with E-state index in [0.717, 1.165) is 6.07 Å². The summed E-state index contributed by atoms with van der Waals surface area (Å²) in [6, 6.07) is 9.35. The van der Waals surface area contributed by atoms with Crippen molar-refractivity contribution in [3.63, 3.8) is 0 Å². The average molecular weight is 243 g/mol. The Kier molecular flexibility index (Phi) is 3.02. The van der Waals surface area contributed by atoms with E-state index < -0.39 is 12.6 Å². The van der Waals surface area contributed by atoms with Crippen LogP contribution in [0, 0.1) is 11.3 Å². The Labute approximate surface area is 102 Å². The number of phenols is 2. The van der Waals surface area contributed by atoms with Crippen molar-refractivity contribution in [2.75, 3.05) is 6.61 Å². The minimum Gasteiger partial charge on any atom is -0.507 e. The maximum absolute atomic E-state index is 11.6. The molecule has 0 spiro atoms. The van der Waals surface area contributed by atoms with E-state index in [1.54, 1.807) is 30.3 Å². The summed E-state index contributed by atoms with van der Waals surface area (Å²) in [5.41, 5.74) is -0.165. The molecule has 90 valence electrons. The van der Waals surface area contributed by atoms with Crippen LogP contribution in [-0.2, 0) is 4.74 Å². The molecule has 2 aromatic rings. The molecule has 0 aliphatic heterocycles. The summed E-state index contributed by atoms with van der Waals surface area (Å²) in [7, 11) is 0. The number of phenolic OH excluding ortho intramolecular Hbond substituents is 2. The molecule has 0 bridgehead atoms. The molecule has 0 unspecified atom stereocenters. The van der Waals surface area contributed by atoms with Gasteiger partial charge in [0, 0.05) is 10.8 Å². The van der Waals surface area contributed by atoms with Gasteiger partial charge in [0.05, 0.1) is 0 Å². The first-order valence-electron chi connectivity index (χ1n) is 5.13. The van der Waals surface area contributed by atoms with Crippen LogP contribution in [0.3, 0.4) is 0 Å². The van der Waals surface area contributed by atoms with E-state index in [9.17, 15) is 15.0 Å². The van der Waals surface area contributed by atoms with Gasteiger partial charge in [-0.25, -0.2) is 4.79 Å². The second kappa shape index (κ2) is 4.63. The van der Waals surface area contributed by atoms with Crippen molar-refractivity contribution < 1.29 is 19.7 Å². The van der Waals surface area contributed by atoms with Crippen LogP contribution in [0.5, 0.6) is 11.5 Å². The van der Waals surface area contributed by atoms with E-state index in [1.807, 2.05) is 0 Å². The maximum Gasteiger partial charge on any atom is 0.343 e. The summed E-state index contributed by atoms with van der Waals surface area (Å²) in [5, 5.41) is 28.8. The number of aromatic hydroxyl groups is 2. The predicted molar refractivity (Wildman–Crippen MR) is 63.2 cm³/mol. The Morgan fingerprint density at radius 2 is 1.94 bits per heavy atom. The van der Waals surface area contributed by atoms with Gasteiger partial charge < -0.3 is 14.9 Å². The van der Waals surface area contributed by atoms with E-state index in [4.69, 9.17) is 5.26 Å². The molecular formula is C13H9NO4. The third kappa shape index (κ3) is 1.92. The van der Waals surface area contributed by atoms with Crippen LogP contribution in [-0.4, -0.2) is 22.8 Å². The number of rotatable bonds is 2. The average Bonchev–Trinajstić information content (AvgIpc) is 2.40. The van der Waals surface area contributed by atoms with Gasteiger partial charge in [0.15, 0.2) is 6.61 Å². The highest BCUT2D eigenvalue weighted by atomic mass is 16.5. The van der Waals surface area contributed by atoms with Crippen molar-refractivity contribution in [2.45, 2.75) is 0 Å². The van der Waals surface area contributed by atoms with E-state index >= 15 is 0 Å². The third-order valence-corrected chi connectivity index (χ3v) is 2.48. The lowest BCUT2D eigenvalue weighted by Crippen LogP contribution is -2.05. The molecule has 0 saturated heterocycles. The quantitative estimate of drug-likeness (QED) is 0.621. The fourth-order valence-electron chi connectivity index (χ4n) is 1.67. The highest BCUT2D eigenvalue weighted by molar-refractivity contribution is 6.03. The number of hydrogen-bond donors (Lipinski definition) is 2. The molecular weight excluding hydrogens is 234 g/mol. The number of fused-ring (bicyclic) bond motifs is 1. The van der Waals surface area contributed by atoms with Gasteiger partial charge in [0.1, 0.15) is 23.1 Å². The second-order valence-electron chi connectivity index (χ2n) is 3.57. The number of nitriles is 1. The Balaban J connectivity index is 2.57. The third-order valence-electron chi connectivity index (χ3n) is 2.48. The van der Waals surface area contributed by atoms with Gasteiger partial charge in [-0.2, -0.15) is 5.26 Å². The highest BCUT2D eigenvalue weighted by Gasteiger charge is 2.17. The van der Waals surface area contributed by atoms with E-state index in [-0.39, 0.29) is 17.1 Å². The minimum absolute atomic E-state index is 0.132. The summed E-state index contributed by atoms with van der Waals surface area (Å²) >= 11 is 0. The van der Waals surface area contributed by atoms with Crippen LogP contribution in [0.15, 0.2) is 30.3 Å². The zero-order valence-electron chi connectivity index (χ0n) is 9.25. The van der Waals surface area contributed by atoms with Gasteiger partial charge in [-0.05, 0) is 6.07 Å². The first-order chi connectivity index (χ1) is 8.65. The molecule has 0 radical (unpaired) electrons. The van der Waals surface area contributed by atoms with Crippen molar-refractivity contribution in [1.29, 1.82) is 5.26 Å². The molecule has 5 heteroatoms. The number of benzene rings is 2. The Hall–Kier alpha value is -2.74. The Morgan fingerprint density at radius 1 is 1.28 bits per heavy atom. The normalized spacial score (nSPS) is 9.94. The first kappa shape index (κ1) is 11.7. The topological polar surface area (TPSA) is 90.5 Å². The fourth-order valence-corrected chi connectivity index (χ4v) is 1.67. The van der Waals surface area contributed by atoms with Crippen LogP contribution in [0.1, 0.15) is 10.4 Å². The molecule has 0 fully saturated rings. The van der Waals surface area contributed by atoms with Gasteiger partial charge in [-0.15, -0.1) is 0 Å². The number of carbonyl (C=O) groups is 1. The molecule has 0 amide bonds. The molecule has 2 N–H and O–H groups in total. The molecule has 18 heavy (non-hydrogen) atoms. The minimum atomic E-state index is -0.852.